The molecule has 0 atom stereocenters. The van der Waals surface area contributed by atoms with E-state index in [-0.39, 0.29) is 23.7 Å². The van der Waals surface area contributed by atoms with E-state index in [0.717, 1.165) is 4.90 Å². The summed E-state index contributed by atoms with van der Waals surface area (Å²) in [6.07, 6.45) is 1.37. The van der Waals surface area contributed by atoms with E-state index in [1.807, 2.05) is 0 Å². The van der Waals surface area contributed by atoms with Crippen LogP contribution in [0.25, 0.3) is 6.08 Å². The molecule has 3 aromatic rings. The first-order chi connectivity index (χ1) is 16.2. The van der Waals surface area contributed by atoms with Crippen LogP contribution in [-0.2, 0) is 16.2 Å². The number of barbiturate groups is 1. The van der Waals surface area contributed by atoms with Crippen molar-refractivity contribution in [1.82, 2.24) is 5.32 Å². The second-order valence-electron chi connectivity index (χ2n) is 7.17. The highest BCUT2D eigenvalue weighted by molar-refractivity contribution is 9.11. The molecular weight excluding hydrogens is 595 g/mol. The Morgan fingerprint density at radius 3 is 2.38 bits per heavy atom. The first-order valence-electron chi connectivity index (χ1n) is 9.76. The molecule has 0 unspecified atom stereocenters. The van der Waals surface area contributed by atoms with Gasteiger partial charge in [-0.15, -0.1) is 0 Å². The van der Waals surface area contributed by atoms with Crippen LogP contribution in [0.1, 0.15) is 11.1 Å². The number of benzene rings is 3. The first-order valence-corrected chi connectivity index (χ1v) is 11.7. The number of nitrogens with one attached hydrogen (secondary N) is 1. The van der Waals surface area contributed by atoms with E-state index in [2.05, 4.69) is 37.2 Å². The van der Waals surface area contributed by atoms with Crippen LogP contribution in [0, 0.1) is 5.82 Å². The predicted octanol–water partition coefficient (Wildman–Crippen LogP) is 6.25. The molecule has 0 spiro atoms. The third kappa shape index (κ3) is 5.22. The van der Waals surface area contributed by atoms with Crippen LogP contribution in [0.3, 0.4) is 0 Å². The second kappa shape index (κ2) is 10.1. The zero-order valence-electron chi connectivity index (χ0n) is 17.2. The average Bonchev–Trinajstić information content (AvgIpc) is 2.76. The van der Waals surface area contributed by atoms with Gasteiger partial charge in [0.05, 0.1) is 14.6 Å². The van der Waals surface area contributed by atoms with E-state index in [9.17, 15) is 18.8 Å². The van der Waals surface area contributed by atoms with Crippen LogP contribution in [-0.4, -0.2) is 17.8 Å². The molecule has 4 amide bonds. The van der Waals surface area contributed by atoms with Crippen molar-refractivity contribution in [1.29, 1.82) is 0 Å². The van der Waals surface area contributed by atoms with Crippen LogP contribution in [0.15, 0.2) is 75.2 Å². The van der Waals surface area contributed by atoms with Crippen molar-refractivity contribution in [3.05, 3.63) is 97.1 Å². The summed E-state index contributed by atoms with van der Waals surface area (Å²) in [6, 6.07) is 14.7. The highest BCUT2D eigenvalue weighted by Crippen LogP contribution is 2.36. The van der Waals surface area contributed by atoms with Crippen LogP contribution in [0.5, 0.6) is 5.75 Å². The molecule has 1 N–H and O–H groups in total. The van der Waals surface area contributed by atoms with Gasteiger partial charge in [-0.2, -0.15) is 0 Å². The quantitative estimate of drug-likeness (QED) is 0.275. The van der Waals surface area contributed by atoms with E-state index >= 15 is 0 Å². The number of hydrogen-bond donors (Lipinski definition) is 1. The van der Waals surface area contributed by atoms with Crippen molar-refractivity contribution < 1.29 is 23.5 Å². The maximum atomic E-state index is 13.4. The Bertz CT molecular complexity index is 1340. The Kier molecular flexibility index (Phi) is 7.16. The van der Waals surface area contributed by atoms with Gasteiger partial charge < -0.3 is 4.74 Å². The van der Waals surface area contributed by atoms with Gasteiger partial charge in [-0.1, -0.05) is 29.8 Å². The molecule has 10 heteroatoms. The number of urea groups is 1. The Morgan fingerprint density at radius 2 is 1.71 bits per heavy atom. The summed E-state index contributed by atoms with van der Waals surface area (Å²) in [6.45, 7) is 0.132. The lowest BCUT2D eigenvalue weighted by atomic mass is 10.1. The van der Waals surface area contributed by atoms with Crippen molar-refractivity contribution in [2.75, 3.05) is 4.90 Å². The fraction of sp³-hybridized carbons (Fsp3) is 0.0417. The van der Waals surface area contributed by atoms with Gasteiger partial charge in [0.2, 0.25) is 0 Å². The number of amides is 4. The summed E-state index contributed by atoms with van der Waals surface area (Å²) < 4.78 is 20.3. The van der Waals surface area contributed by atoms with E-state index in [4.69, 9.17) is 16.3 Å². The van der Waals surface area contributed by atoms with Crippen LogP contribution in [0.4, 0.5) is 14.9 Å². The normalized spacial score (nSPS) is 15.0. The first kappa shape index (κ1) is 24.1. The Balaban J connectivity index is 1.61. The number of rotatable bonds is 5. The molecule has 3 aromatic carbocycles. The van der Waals surface area contributed by atoms with Crippen LogP contribution < -0.4 is 15.0 Å². The summed E-state index contributed by atoms with van der Waals surface area (Å²) >= 11 is 12.8. The lowest BCUT2D eigenvalue weighted by Crippen LogP contribution is -2.54. The molecule has 1 fully saturated rings. The largest absolute Gasteiger partial charge is 0.487 e. The molecule has 1 saturated heterocycles. The van der Waals surface area contributed by atoms with Crippen LogP contribution in [0.2, 0.25) is 5.02 Å². The van der Waals surface area contributed by atoms with Gasteiger partial charge in [0.15, 0.2) is 0 Å². The zero-order valence-corrected chi connectivity index (χ0v) is 21.1. The minimum Gasteiger partial charge on any atom is -0.487 e. The molecule has 4 rings (SSSR count). The summed E-state index contributed by atoms with van der Waals surface area (Å²) in [5, 5.41) is 2.50. The third-order valence-corrected chi connectivity index (χ3v) is 6.19. The third-order valence-electron chi connectivity index (χ3n) is 4.77. The van der Waals surface area contributed by atoms with Gasteiger partial charge in [0, 0.05) is 5.02 Å². The Morgan fingerprint density at radius 1 is 1.00 bits per heavy atom. The van der Waals surface area contributed by atoms with Gasteiger partial charge >= 0.3 is 6.03 Å². The number of carbonyl (C=O) groups is 3. The average molecular weight is 609 g/mol. The lowest BCUT2D eigenvalue weighted by Gasteiger charge is -2.26. The molecule has 1 heterocycles. The number of hydrogen-bond acceptors (Lipinski definition) is 4. The van der Waals surface area contributed by atoms with Gasteiger partial charge in [-0.05, 0) is 91.5 Å². The summed E-state index contributed by atoms with van der Waals surface area (Å²) in [4.78, 5) is 38.7. The van der Waals surface area contributed by atoms with E-state index in [1.54, 1.807) is 36.4 Å². The number of ether oxygens (including phenoxy) is 1. The zero-order chi connectivity index (χ0) is 24.4. The molecule has 1 aliphatic heterocycles. The molecule has 0 aliphatic carbocycles. The SMILES string of the molecule is O=C1NC(=O)N(c2cccc(Cl)c2)C(=O)/C1=C/c1cc(Br)c(OCc2cccc(F)c2)c(Br)c1. The smallest absolute Gasteiger partial charge is 0.335 e. The number of halogens is 4. The fourth-order valence-electron chi connectivity index (χ4n) is 3.26. The standard InChI is InChI=1S/C24H14Br2ClFN2O4/c25-19-9-14(10-20(26)21(19)34-12-13-3-1-5-16(28)7-13)8-18-22(31)29-24(33)30(23(18)32)17-6-2-4-15(27)11-17/h1-11H,12H2,(H,29,31,33)/b18-8+. The summed E-state index contributed by atoms with van der Waals surface area (Å²) in [5.41, 5.74) is 1.15. The minimum absolute atomic E-state index is 0.132. The molecular formula is C24H14Br2ClFN2O4. The molecule has 1 aliphatic rings. The molecule has 34 heavy (non-hydrogen) atoms. The molecule has 172 valence electrons. The lowest BCUT2D eigenvalue weighted by molar-refractivity contribution is -0.122. The van der Waals surface area contributed by atoms with Crippen LogP contribution >= 0.6 is 43.5 Å². The van der Waals surface area contributed by atoms with E-state index < -0.39 is 17.8 Å². The minimum atomic E-state index is -0.863. The second-order valence-corrected chi connectivity index (χ2v) is 9.32. The molecule has 6 nitrogen and oxygen atoms in total. The predicted molar refractivity (Wildman–Crippen MR) is 133 cm³/mol. The maximum Gasteiger partial charge on any atom is 0.335 e. The van der Waals surface area contributed by atoms with Crippen molar-refractivity contribution >= 4 is 73.1 Å². The fourth-order valence-corrected chi connectivity index (χ4v) is 4.89. The number of imide groups is 2. The molecule has 0 radical (unpaired) electrons. The summed E-state index contributed by atoms with van der Waals surface area (Å²) in [5.74, 6) is -1.50. The van der Waals surface area contributed by atoms with Gasteiger partial charge in [-0.3, -0.25) is 14.9 Å². The number of anilines is 1. The Hall–Kier alpha value is -3.01. The van der Waals surface area contributed by atoms with Gasteiger partial charge in [0.1, 0.15) is 23.7 Å². The van der Waals surface area contributed by atoms with Crippen molar-refractivity contribution in [2.45, 2.75) is 6.61 Å². The van der Waals surface area contributed by atoms with Crippen molar-refractivity contribution in [3.8, 4) is 5.75 Å². The summed E-state index contributed by atoms with van der Waals surface area (Å²) in [7, 11) is 0. The van der Waals surface area contributed by atoms with Crippen molar-refractivity contribution in [2.24, 2.45) is 0 Å². The molecule has 0 aromatic heterocycles. The highest BCUT2D eigenvalue weighted by atomic mass is 79.9. The maximum absolute atomic E-state index is 13.4. The Labute approximate surface area is 215 Å². The van der Waals surface area contributed by atoms with E-state index in [0.29, 0.717) is 30.8 Å². The van der Waals surface area contributed by atoms with E-state index in [1.165, 1.54) is 30.3 Å². The van der Waals surface area contributed by atoms with Gasteiger partial charge in [0.25, 0.3) is 11.8 Å². The molecule has 0 bridgehead atoms. The number of carbonyl (C=O) groups excluding carboxylic acids is 3. The number of nitrogens with zero attached hydrogens (tertiary/aromatic N) is 1. The highest BCUT2D eigenvalue weighted by Gasteiger charge is 2.37. The van der Waals surface area contributed by atoms with Crippen molar-refractivity contribution in [3.63, 3.8) is 0 Å². The monoisotopic (exact) mass is 606 g/mol. The molecule has 0 saturated carbocycles. The topological polar surface area (TPSA) is 75.7 Å². The van der Waals surface area contributed by atoms with Gasteiger partial charge in [-0.25, -0.2) is 14.1 Å².